The van der Waals surface area contributed by atoms with Gasteiger partial charge in [-0.1, -0.05) is 23.8 Å². The van der Waals surface area contributed by atoms with E-state index in [0.29, 0.717) is 0 Å². The molecule has 0 saturated carbocycles. The van der Waals surface area contributed by atoms with Crippen molar-refractivity contribution in [1.82, 2.24) is 0 Å². The Kier molecular flexibility index (Phi) is 2.50. The number of aryl methyl sites for hydroxylation is 2. The van der Waals surface area contributed by atoms with Crippen LogP contribution in [0.3, 0.4) is 0 Å². The molecule has 0 spiro atoms. The summed E-state index contributed by atoms with van der Waals surface area (Å²) in [5, 5.41) is 8.75. The third-order valence-electron chi connectivity index (χ3n) is 2.09. The number of hydrogen-bond acceptors (Lipinski definition) is 1. The number of rotatable bonds is 1. The van der Waals surface area contributed by atoms with E-state index in [1.165, 1.54) is 11.1 Å². The van der Waals surface area contributed by atoms with E-state index in [4.69, 9.17) is 5.26 Å². The maximum absolute atomic E-state index is 8.75. The van der Waals surface area contributed by atoms with Crippen molar-refractivity contribution in [2.24, 2.45) is 0 Å². The summed E-state index contributed by atoms with van der Waals surface area (Å²) in [6.45, 7) is 6.03. The number of benzene rings is 1. The fourth-order valence-electron chi connectivity index (χ4n) is 1.30. The monoisotopic (exact) mass is 159 g/mol. The van der Waals surface area contributed by atoms with Crippen LogP contribution in [0.4, 0.5) is 0 Å². The summed E-state index contributed by atoms with van der Waals surface area (Å²) in [5.74, 6) is 0.00454. The van der Waals surface area contributed by atoms with Gasteiger partial charge in [0.2, 0.25) is 0 Å². The Labute approximate surface area is 73.6 Å². The van der Waals surface area contributed by atoms with E-state index in [2.05, 4.69) is 24.3 Å². The van der Waals surface area contributed by atoms with Crippen LogP contribution in [0.1, 0.15) is 29.5 Å². The first-order valence-corrected chi connectivity index (χ1v) is 4.12. The van der Waals surface area contributed by atoms with Gasteiger partial charge in [0.25, 0.3) is 0 Å². The molecule has 0 saturated heterocycles. The second-order valence-electron chi connectivity index (χ2n) is 3.21. The molecule has 1 rings (SSSR count). The summed E-state index contributed by atoms with van der Waals surface area (Å²) >= 11 is 0. The molecule has 0 fully saturated rings. The predicted octanol–water partition coefficient (Wildman–Crippen LogP) is 2.93. The lowest BCUT2D eigenvalue weighted by Crippen LogP contribution is -1.93. The topological polar surface area (TPSA) is 23.8 Å². The molecule has 1 atom stereocenters. The van der Waals surface area contributed by atoms with Crippen LogP contribution >= 0.6 is 0 Å². The average Bonchev–Trinajstić information content (AvgIpc) is 2.08. The molecule has 1 aromatic rings. The zero-order valence-electron chi connectivity index (χ0n) is 7.76. The highest BCUT2D eigenvalue weighted by atomic mass is 14.3. The third kappa shape index (κ3) is 1.65. The molecule has 1 nitrogen and oxygen atoms in total. The van der Waals surface area contributed by atoms with Gasteiger partial charge in [0.15, 0.2) is 0 Å². The minimum atomic E-state index is 0.00454. The first-order chi connectivity index (χ1) is 5.65. The maximum atomic E-state index is 8.75. The lowest BCUT2D eigenvalue weighted by molar-refractivity contribution is 0.963. The molecular formula is C11H13N. The zero-order valence-corrected chi connectivity index (χ0v) is 7.76. The first kappa shape index (κ1) is 8.80. The fourth-order valence-corrected chi connectivity index (χ4v) is 1.30. The van der Waals surface area contributed by atoms with Crippen LogP contribution in [-0.4, -0.2) is 0 Å². The molecule has 0 aliphatic carbocycles. The Morgan fingerprint density at radius 3 is 2.58 bits per heavy atom. The average molecular weight is 159 g/mol. The highest BCUT2D eigenvalue weighted by Crippen LogP contribution is 2.19. The van der Waals surface area contributed by atoms with Crippen molar-refractivity contribution in [2.75, 3.05) is 0 Å². The maximum Gasteiger partial charge on any atom is 0.0701 e. The molecular weight excluding hydrogens is 146 g/mol. The van der Waals surface area contributed by atoms with Crippen molar-refractivity contribution in [3.05, 3.63) is 34.9 Å². The fraction of sp³-hybridized carbons (Fsp3) is 0.364. The van der Waals surface area contributed by atoms with Gasteiger partial charge in [0.1, 0.15) is 0 Å². The Bertz CT molecular complexity index is 320. The van der Waals surface area contributed by atoms with Gasteiger partial charge in [0.05, 0.1) is 12.0 Å². The van der Waals surface area contributed by atoms with E-state index in [0.717, 1.165) is 5.56 Å². The Morgan fingerprint density at radius 1 is 1.33 bits per heavy atom. The van der Waals surface area contributed by atoms with Crippen LogP contribution in [0.15, 0.2) is 18.2 Å². The van der Waals surface area contributed by atoms with Gasteiger partial charge in [-0.05, 0) is 31.9 Å². The van der Waals surface area contributed by atoms with E-state index < -0.39 is 0 Å². The van der Waals surface area contributed by atoms with Crippen molar-refractivity contribution in [3.63, 3.8) is 0 Å². The zero-order chi connectivity index (χ0) is 9.14. The molecule has 0 bridgehead atoms. The van der Waals surface area contributed by atoms with Crippen LogP contribution in [0, 0.1) is 25.2 Å². The molecule has 0 radical (unpaired) electrons. The molecule has 0 heterocycles. The van der Waals surface area contributed by atoms with Crippen LogP contribution in [0.2, 0.25) is 0 Å². The van der Waals surface area contributed by atoms with E-state index in [9.17, 15) is 0 Å². The molecule has 0 N–H and O–H groups in total. The first-order valence-electron chi connectivity index (χ1n) is 4.12. The summed E-state index contributed by atoms with van der Waals surface area (Å²) in [6, 6.07) is 8.48. The van der Waals surface area contributed by atoms with E-state index in [1.807, 2.05) is 20.8 Å². The number of nitrogens with zero attached hydrogens (tertiary/aromatic N) is 1. The third-order valence-corrected chi connectivity index (χ3v) is 2.09. The second-order valence-corrected chi connectivity index (χ2v) is 3.21. The summed E-state index contributed by atoms with van der Waals surface area (Å²) in [7, 11) is 0. The second kappa shape index (κ2) is 3.40. The summed E-state index contributed by atoms with van der Waals surface area (Å²) in [4.78, 5) is 0. The standard InChI is InChI=1S/C11H13N/c1-8-4-5-9(2)11(6-8)10(3)7-12/h4-6,10H,1-3H3. The van der Waals surface area contributed by atoms with Crippen molar-refractivity contribution in [1.29, 1.82) is 5.26 Å². The molecule has 0 aliphatic rings. The minimum absolute atomic E-state index is 0.00454. The van der Waals surface area contributed by atoms with Gasteiger partial charge >= 0.3 is 0 Å². The van der Waals surface area contributed by atoms with Gasteiger partial charge in [-0.15, -0.1) is 0 Å². The molecule has 0 aliphatic heterocycles. The van der Waals surface area contributed by atoms with E-state index >= 15 is 0 Å². The molecule has 0 aromatic heterocycles. The van der Waals surface area contributed by atoms with Crippen molar-refractivity contribution in [3.8, 4) is 6.07 Å². The van der Waals surface area contributed by atoms with Crippen molar-refractivity contribution < 1.29 is 0 Å². The van der Waals surface area contributed by atoms with Gasteiger partial charge in [-0.2, -0.15) is 5.26 Å². The van der Waals surface area contributed by atoms with Gasteiger partial charge in [-0.3, -0.25) is 0 Å². The summed E-state index contributed by atoms with van der Waals surface area (Å²) in [5.41, 5.74) is 3.57. The van der Waals surface area contributed by atoms with Crippen molar-refractivity contribution >= 4 is 0 Å². The highest BCUT2D eigenvalue weighted by molar-refractivity contribution is 5.35. The summed E-state index contributed by atoms with van der Waals surface area (Å²) in [6.07, 6.45) is 0. The predicted molar refractivity (Wildman–Crippen MR) is 49.9 cm³/mol. The Morgan fingerprint density at radius 2 is 2.00 bits per heavy atom. The molecule has 12 heavy (non-hydrogen) atoms. The highest BCUT2D eigenvalue weighted by Gasteiger charge is 2.06. The lowest BCUT2D eigenvalue weighted by atomic mass is 9.96. The number of nitriles is 1. The van der Waals surface area contributed by atoms with Crippen LogP contribution in [0.25, 0.3) is 0 Å². The molecule has 0 amide bonds. The van der Waals surface area contributed by atoms with Gasteiger partial charge in [-0.25, -0.2) is 0 Å². The minimum Gasteiger partial charge on any atom is -0.198 e. The smallest absolute Gasteiger partial charge is 0.0701 e. The van der Waals surface area contributed by atoms with Gasteiger partial charge < -0.3 is 0 Å². The van der Waals surface area contributed by atoms with Gasteiger partial charge in [0, 0.05) is 0 Å². The Balaban J connectivity index is 3.15. The molecule has 1 aromatic carbocycles. The number of hydrogen-bond donors (Lipinski definition) is 0. The normalized spacial score (nSPS) is 12.2. The molecule has 1 heteroatoms. The molecule has 62 valence electrons. The largest absolute Gasteiger partial charge is 0.198 e. The van der Waals surface area contributed by atoms with E-state index in [-0.39, 0.29) is 5.92 Å². The van der Waals surface area contributed by atoms with Crippen molar-refractivity contribution in [2.45, 2.75) is 26.7 Å². The van der Waals surface area contributed by atoms with Crippen LogP contribution < -0.4 is 0 Å². The SMILES string of the molecule is Cc1ccc(C)c(C(C)C#N)c1. The van der Waals surface area contributed by atoms with E-state index in [1.54, 1.807) is 0 Å². The molecule has 1 unspecified atom stereocenters. The van der Waals surface area contributed by atoms with Crippen LogP contribution in [0.5, 0.6) is 0 Å². The lowest BCUT2D eigenvalue weighted by Gasteiger charge is -2.07. The quantitative estimate of drug-likeness (QED) is 0.618. The summed E-state index contributed by atoms with van der Waals surface area (Å²) < 4.78 is 0. The Hall–Kier alpha value is -1.29. The van der Waals surface area contributed by atoms with Crippen LogP contribution in [-0.2, 0) is 0 Å².